The van der Waals surface area contributed by atoms with Gasteiger partial charge in [-0.15, -0.1) is 0 Å². The third-order valence-electron chi connectivity index (χ3n) is 4.36. The topological polar surface area (TPSA) is 98.7 Å². The smallest absolute Gasteiger partial charge is 0.134 e. The van der Waals surface area contributed by atoms with Gasteiger partial charge in [-0.3, -0.25) is 0 Å². The lowest BCUT2D eigenvalue weighted by Gasteiger charge is -2.25. The molecule has 3 N–H and O–H groups in total. The Labute approximate surface area is 147 Å². The van der Waals surface area contributed by atoms with Gasteiger partial charge in [0.25, 0.3) is 0 Å². The average molecular weight is 347 g/mol. The number of ether oxygens (including phenoxy) is 2. The second-order valence-corrected chi connectivity index (χ2v) is 6.13. The third-order valence-corrected chi connectivity index (χ3v) is 4.36. The number of anilines is 2. The Balaban J connectivity index is 1.58. The van der Waals surface area contributed by atoms with Gasteiger partial charge in [0, 0.05) is 39.4 Å². The van der Waals surface area contributed by atoms with Gasteiger partial charge in [-0.25, -0.2) is 9.97 Å². The van der Waals surface area contributed by atoms with Crippen LogP contribution >= 0.6 is 0 Å². The van der Waals surface area contributed by atoms with E-state index >= 15 is 0 Å². The molecule has 0 bridgehead atoms. The molecule has 0 spiro atoms. The van der Waals surface area contributed by atoms with Gasteiger partial charge in [0.1, 0.15) is 36.1 Å². The van der Waals surface area contributed by atoms with Crippen molar-refractivity contribution in [2.24, 2.45) is 0 Å². The van der Waals surface area contributed by atoms with Crippen LogP contribution in [0.1, 0.15) is 17.9 Å². The van der Waals surface area contributed by atoms with Crippen LogP contribution in [-0.4, -0.2) is 49.4 Å². The van der Waals surface area contributed by atoms with Crippen LogP contribution in [0, 0.1) is 0 Å². The maximum atomic E-state index is 5.79. The van der Waals surface area contributed by atoms with Crippen LogP contribution in [0.5, 0.6) is 0 Å². The van der Waals surface area contributed by atoms with Crippen molar-refractivity contribution >= 4 is 11.6 Å². The van der Waals surface area contributed by atoms with E-state index in [9.17, 15) is 0 Å². The first-order valence-electron chi connectivity index (χ1n) is 8.33. The van der Waals surface area contributed by atoms with Crippen molar-refractivity contribution in [2.75, 3.05) is 37.9 Å². The van der Waals surface area contributed by atoms with Gasteiger partial charge >= 0.3 is 0 Å². The van der Waals surface area contributed by atoms with Crippen LogP contribution in [0.3, 0.4) is 0 Å². The summed E-state index contributed by atoms with van der Waals surface area (Å²) in [5.41, 5.74) is 5.79. The number of nitrogen functional groups attached to an aromatic ring is 1. The fourth-order valence-corrected chi connectivity index (χ4v) is 3.14. The van der Waals surface area contributed by atoms with Crippen LogP contribution in [0.2, 0.25) is 0 Å². The molecule has 0 unspecified atom stereocenters. The largest absolute Gasteiger partial charge is 0.462 e. The highest BCUT2D eigenvalue weighted by atomic mass is 16.5. The summed E-state index contributed by atoms with van der Waals surface area (Å²) in [5.74, 6) is 3.03. The van der Waals surface area contributed by atoms with Gasteiger partial charge < -0.3 is 29.8 Å². The van der Waals surface area contributed by atoms with Crippen molar-refractivity contribution in [1.82, 2.24) is 15.3 Å². The van der Waals surface area contributed by atoms with E-state index in [0.29, 0.717) is 19.0 Å². The summed E-state index contributed by atoms with van der Waals surface area (Å²) in [6.45, 7) is 2.74. The minimum Gasteiger partial charge on any atom is -0.462 e. The molecule has 25 heavy (non-hydrogen) atoms. The number of nitrogens with zero attached hydrogens (tertiary/aromatic N) is 3. The quantitative estimate of drug-likeness (QED) is 0.734. The van der Waals surface area contributed by atoms with E-state index < -0.39 is 0 Å². The van der Waals surface area contributed by atoms with E-state index in [1.54, 1.807) is 20.3 Å². The van der Waals surface area contributed by atoms with Crippen LogP contribution < -0.4 is 16.0 Å². The summed E-state index contributed by atoms with van der Waals surface area (Å²) in [7, 11) is 3.40. The molecule has 0 aromatic carbocycles. The van der Waals surface area contributed by atoms with E-state index in [4.69, 9.17) is 19.6 Å². The predicted molar refractivity (Wildman–Crippen MR) is 94.1 cm³/mol. The number of rotatable bonds is 8. The van der Waals surface area contributed by atoms with Gasteiger partial charge in [-0.1, -0.05) is 0 Å². The first-order valence-corrected chi connectivity index (χ1v) is 8.33. The average Bonchev–Trinajstić information content (AvgIpc) is 3.22. The Morgan fingerprint density at radius 3 is 2.92 bits per heavy atom. The SMILES string of the molecule is COCc1ccc(CNC[C@H]2C[C@@H](OC)CN2c2cc(N)ncn2)o1. The second-order valence-electron chi connectivity index (χ2n) is 6.13. The Morgan fingerprint density at radius 1 is 1.32 bits per heavy atom. The van der Waals surface area contributed by atoms with Crippen molar-refractivity contribution in [2.45, 2.75) is 31.7 Å². The molecule has 0 saturated carbocycles. The first-order chi connectivity index (χ1) is 12.2. The zero-order valence-corrected chi connectivity index (χ0v) is 14.6. The van der Waals surface area contributed by atoms with Crippen molar-refractivity contribution < 1.29 is 13.9 Å². The summed E-state index contributed by atoms with van der Waals surface area (Å²) in [6, 6.07) is 5.98. The molecular weight excluding hydrogens is 322 g/mol. The highest BCUT2D eigenvalue weighted by Gasteiger charge is 2.32. The number of nitrogens with one attached hydrogen (secondary N) is 1. The van der Waals surface area contributed by atoms with Crippen molar-refractivity contribution in [3.8, 4) is 0 Å². The van der Waals surface area contributed by atoms with Gasteiger partial charge in [0.15, 0.2) is 0 Å². The van der Waals surface area contributed by atoms with Crippen LogP contribution in [0.25, 0.3) is 0 Å². The maximum Gasteiger partial charge on any atom is 0.134 e. The zero-order valence-electron chi connectivity index (χ0n) is 14.6. The van der Waals surface area contributed by atoms with Gasteiger partial charge in [-0.05, 0) is 18.6 Å². The summed E-state index contributed by atoms with van der Waals surface area (Å²) in [5, 5.41) is 3.45. The van der Waals surface area contributed by atoms with E-state index in [0.717, 1.165) is 36.8 Å². The van der Waals surface area contributed by atoms with Crippen LogP contribution in [-0.2, 0) is 22.6 Å². The monoisotopic (exact) mass is 347 g/mol. The molecule has 2 aromatic rings. The van der Waals surface area contributed by atoms with E-state index in [-0.39, 0.29) is 12.1 Å². The molecular formula is C17H25N5O3. The highest BCUT2D eigenvalue weighted by molar-refractivity contribution is 5.48. The van der Waals surface area contributed by atoms with E-state index in [1.165, 1.54) is 6.33 Å². The lowest BCUT2D eigenvalue weighted by Crippen LogP contribution is -2.38. The Bertz CT molecular complexity index is 678. The molecule has 3 heterocycles. The summed E-state index contributed by atoms with van der Waals surface area (Å²) in [6.07, 6.45) is 2.61. The van der Waals surface area contributed by atoms with Crippen LogP contribution in [0.15, 0.2) is 28.9 Å². The summed E-state index contributed by atoms with van der Waals surface area (Å²) in [4.78, 5) is 10.5. The predicted octanol–water partition coefficient (Wildman–Crippen LogP) is 1.18. The normalized spacial score (nSPS) is 20.3. The number of aromatic nitrogens is 2. The molecule has 1 aliphatic rings. The fourth-order valence-electron chi connectivity index (χ4n) is 3.14. The van der Waals surface area contributed by atoms with Gasteiger partial charge in [0.05, 0.1) is 12.6 Å². The molecule has 2 aromatic heterocycles. The molecule has 136 valence electrons. The Hall–Kier alpha value is -2.16. The lowest BCUT2D eigenvalue weighted by molar-refractivity contribution is 0.118. The number of hydrogen-bond donors (Lipinski definition) is 2. The molecule has 1 fully saturated rings. The second kappa shape index (κ2) is 8.28. The molecule has 2 atom stereocenters. The van der Waals surface area contributed by atoms with Crippen molar-refractivity contribution in [1.29, 1.82) is 0 Å². The Kier molecular flexibility index (Phi) is 5.85. The summed E-state index contributed by atoms with van der Waals surface area (Å²) < 4.78 is 16.3. The fraction of sp³-hybridized carbons (Fsp3) is 0.529. The molecule has 1 saturated heterocycles. The minimum atomic E-state index is 0.180. The molecule has 0 aliphatic carbocycles. The number of methoxy groups -OCH3 is 2. The number of nitrogens with two attached hydrogens (primary N) is 1. The van der Waals surface area contributed by atoms with E-state index in [1.807, 2.05) is 12.1 Å². The molecule has 1 aliphatic heterocycles. The number of furan rings is 1. The lowest BCUT2D eigenvalue weighted by atomic mass is 10.2. The van der Waals surface area contributed by atoms with Crippen molar-refractivity contribution in [3.63, 3.8) is 0 Å². The molecule has 0 radical (unpaired) electrons. The van der Waals surface area contributed by atoms with Crippen LogP contribution in [0.4, 0.5) is 11.6 Å². The van der Waals surface area contributed by atoms with Gasteiger partial charge in [0.2, 0.25) is 0 Å². The zero-order chi connectivity index (χ0) is 17.6. The molecule has 0 amide bonds. The van der Waals surface area contributed by atoms with Gasteiger partial charge in [-0.2, -0.15) is 0 Å². The molecule has 8 nitrogen and oxygen atoms in total. The molecule has 3 rings (SSSR count). The highest BCUT2D eigenvalue weighted by Crippen LogP contribution is 2.25. The Morgan fingerprint density at radius 2 is 2.16 bits per heavy atom. The molecule has 8 heteroatoms. The summed E-state index contributed by atoms with van der Waals surface area (Å²) >= 11 is 0. The van der Waals surface area contributed by atoms with E-state index in [2.05, 4.69) is 20.2 Å². The third kappa shape index (κ3) is 4.47. The maximum absolute atomic E-state index is 5.79. The van der Waals surface area contributed by atoms with Crippen molar-refractivity contribution in [3.05, 3.63) is 36.0 Å². The number of hydrogen-bond acceptors (Lipinski definition) is 8. The first kappa shape index (κ1) is 17.7. The minimum absolute atomic E-state index is 0.180. The standard InChI is InChI=1S/C17H25N5O3/c1-23-10-14-4-3-13(25-14)8-19-7-12-5-15(24-2)9-22(12)17-6-16(18)20-11-21-17/h3-4,6,11-12,15,19H,5,7-10H2,1-2H3,(H2,18,20,21)/t12-,15-/m1/s1.